The zero-order chi connectivity index (χ0) is 26.4. The van der Waals surface area contributed by atoms with E-state index in [0.29, 0.717) is 46.9 Å². The number of nitrogens with zero attached hydrogens (tertiary/aromatic N) is 5. The number of pyridine rings is 1. The number of anilines is 1. The minimum atomic E-state index is -0.837. The first-order valence-corrected chi connectivity index (χ1v) is 13.2. The van der Waals surface area contributed by atoms with E-state index in [1.807, 2.05) is 30.3 Å². The monoisotopic (exact) mass is 508 g/mol. The quantitative estimate of drug-likeness (QED) is 0.274. The molecule has 9 nitrogen and oxygen atoms in total. The van der Waals surface area contributed by atoms with Crippen LogP contribution in [0.15, 0.2) is 59.8 Å². The topological polar surface area (TPSA) is 143 Å². The van der Waals surface area contributed by atoms with E-state index in [1.54, 1.807) is 24.4 Å². The summed E-state index contributed by atoms with van der Waals surface area (Å²) in [6.07, 6.45) is 9.65. The molecule has 2 aliphatic carbocycles. The van der Waals surface area contributed by atoms with Gasteiger partial charge in [0.1, 0.15) is 11.3 Å². The highest BCUT2D eigenvalue weighted by Gasteiger charge is 2.34. The van der Waals surface area contributed by atoms with E-state index in [2.05, 4.69) is 31.8 Å². The summed E-state index contributed by atoms with van der Waals surface area (Å²) in [7, 11) is 0. The summed E-state index contributed by atoms with van der Waals surface area (Å²) in [4.78, 5) is 14.1. The Morgan fingerprint density at radius 3 is 2.63 bits per heavy atom. The van der Waals surface area contributed by atoms with Gasteiger partial charge in [0.15, 0.2) is 0 Å². The van der Waals surface area contributed by atoms with Gasteiger partial charge in [-0.15, -0.1) is 0 Å². The van der Waals surface area contributed by atoms with Crippen molar-refractivity contribution in [2.24, 2.45) is 5.11 Å². The Hall–Kier alpha value is -4.16. The molecule has 2 fully saturated rings. The predicted octanol–water partition coefficient (Wildman–Crippen LogP) is 5.65. The zero-order valence-corrected chi connectivity index (χ0v) is 21.3. The van der Waals surface area contributed by atoms with Gasteiger partial charge in [0.25, 0.3) is 0 Å². The molecule has 0 spiro atoms. The first-order chi connectivity index (χ1) is 18.6. The fourth-order valence-corrected chi connectivity index (χ4v) is 5.26. The van der Waals surface area contributed by atoms with Crippen LogP contribution in [-0.4, -0.2) is 26.1 Å². The van der Waals surface area contributed by atoms with Crippen molar-refractivity contribution in [1.29, 1.82) is 10.8 Å². The Kier molecular flexibility index (Phi) is 7.70. The van der Waals surface area contributed by atoms with Crippen molar-refractivity contribution in [1.82, 2.24) is 20.3 Å². The summed E-state index contributed by atoms with van der Waals surface area (Å²) in [5.41, 5.74) is 11.4. The third-order valence-electron chi connectivity index (χ3n) is 7.32. The molecule has 2 aliphatic rings. The third-order valence-corrected chi connectivity index (χ3v) is 7.32. The molecule has 4 N–H and O–H groups in total. The number of rotatable bonds is 9. The Morgan fingerprint density at radius 1 is 1.08 bits per heavy atom. The fraction of sp³-hybridized carbons (Fsp3) is 0.379. The van der Waals surface area contributed by atoms with Gasteiger partial charge in [-0.2, -0.15) is 10.4 Å². The van der Waals surface area contributed by atoms with Crippen LogP contribution in [0.25, 0.3) is 17.0 Å². The van der Waals surface area contributed by atoms with Gasteiger partial charge in [0.2, 0.25) is 5.95 Å². The Morgan fingerprint density at radius 2 is 1.87 bits per heavy atom. The molecule has 2 aromatic heterocycles. The molecule has 0 aliphatic heterocycles. The molecule has 2 heterocycles. The van der Waals surface area contributed by atoms with E-state index in [-0.39, 0.29) is 0 Å². The lowest BCUT2D eigenvalue weighted by Gasteiger charge is -2.21. The van der Waals surface area contributed by atoms with Crippen LogP contribution in [0.4, 0.5) is 5.95 Å². The average Bonchev–Trinajstić information content (AvgIpc) is 3.64. The van der Waals surface area contributed by atoms with Crippen molar-refractivity contribution < 1.29 is 5.11 Å². The number of aromatic nitrogens is 3. The molecule has 0 atom stereocenters. The van der Waals surface area contributed by atoms with Crippen LogP contribution in [-0.2, 0) is 12.1 Å². The lowest BCUT2D eigenvalue weighted by atomic mass is 9.97. The number of hydrogen-bond acceptors (Lipinski definition) is 9. The summed E-state index contributed by atoms with van der Waals surface area (Å²) in [5.74, 6) is 0.487. The molecule has 2 saturated carbocycles. The minimum Gasteiger partial charge on any atom is -0.384 e. The van der Waals surface area contributed by atoms with Gasteiger partial charge in [0.05, 0.1) is 41.0 Å². The van der Waals surface area contributed by atoms with E-state index < -0.39 is 5.60 Å². The summed E-state index contributed by atoms with van der Waals surface area (Å²) < 4.78 is 0. The highest BCUT2D eigenvalue weighted by atomic mass is 16.3. The Balaban J connectivity index is 1.39. The molecule has 9 heteroatoms. The number of nitrogens with one attached hydrogen (secondary N) is 3. The highest BCUT2D eigenvalue weighted by molar-refractivity contribution is 5.69. The second-order valence-electron chi connectivity index (χ2n) is 10.1. The summed E-state index contributed by atoms with van der Waals surface area (Å²) in [5, 5.41) is 30.6. The van der Waals surface area contributed by atoms with Crippen molar-refractivity contribution in [3.8, 4) is 17.3 Å². The summed E-state index contributed by atoms with van der Waals surface area (Å²) >= 11 is 0. The van der Waals surface area contributed by atoms with Crippen LogP contribution in [0, 0.1) is 16.9 Å². The van der Waals surface area contributed by atoms with Gasteiger partial charge in [-0.05, 0) is 56.0 Å². The van der Waals surface area contributed by atoms with Crippen molar-refractivity contribution in [2.75, 3.05) is 5.32 Å². The summed E-state index contributed by atoms with van der Waals surface area (Å²) in [6, 6.07) is 17.3. The first-order valence-electron chi connectivity index (χ1n) is 13.2. The van der Waals surface area contributed by atoms with Gasteiger partial charge in [-0.3, -0.25) is 4.98 Å². The first kappa shape index (κ1) is 25.5. The Bertz CT molecular complexity index is 1370. The SMILES string of the molecule is N#Cc1cccc(-c2cc(/C(=C/NCc3cccc(C4(O)CCCC4)n3)N=N)nc(NC3CCCC3)n2)c1. The molecule has 38 heavy (non-hydrogen) atoms. The molecule has 0 bridgehead atoms. The van der Waals surface area contributed by atoms with Crippen LogP contribution in [0.1, 0.15) is 74.0 Å². The van der Waals surface area contributed by atoms with Gasteiger partial charge in [-0.1, -0.05) is 43.9 Å². The molecular weight excluding hydrogens is 476 g/mol. The van der Waals surface area contributed by atoms with Gasteiger partial charge >= 0.3 is 0 Å². The molecule has 1 aromatic carbocycles. The van der Waals surface area contributed by atoms with Crippen LogP contribution in [0.3, 0.4) is 0 Å². The van der Waals surface area contributed by atoms with Crippen LogP contribution in [0.5, 0.6) is 0 Å². The van der Waals surface area contributed by atoms with Crippen molar-refractivity contribution in [3.63, 3.8) is 0 Å². The maximum atomic E-state index is 10.9. The number of hydrogen-bond donors (Lipinski definition) is 4. The molecule has 5 rings (SSSR count). The third kappa shape index (κ3) is 5.87. The maximum absolute atomic E-state index is 10.9. The molecule has 3 aromatic rings. The molecule has 194 valence electrons. The van der Waals surface area contributed by atoms with Gasteiger partial charge in [0, 0.05) is 17.8 Å². The number of benzene rings is 1. The lowest BCUT2D eigenvalue weighted by molar-refractivity contribution is 0.0397. The molecular formula is C29H32N8O. The number of aliphatic hydroxyl groups is 1. The Labute approximate surface area is 222 Å². The van der Waals surface area contributed by atoms with Crippen molar-refractivity contribution in [3.05, 3.63) is 77.4 Å². The van der Waals surface area contributed by atoms with Crippen LogP contribution >= 0.6 is 0 Å². The normalized spacial score (nSPS) is 17.2. The molecule has 0 unspecified atom stereocenters. The van der Waals surface area contributed by atoms with E-state index in [0.717, 1.165) is 49.8 Å². The highest BCUT2D eigenvalue weighted by Crippen LogP contribution is 2.37. The van der Waals surface area contributed by atoms with E-state index >= 15 is 0 Å². The molecule has 0 radical (unpaired) electrons. The largest absolute Gasteiger partial charge is 0.384 e. The van der Waals surface area contributed by atoms with Crippen LogP contribution in [0.2, 0.25) is 0 Å². The standard InChI is InChI=1S/C29H32N8O/c30-17-20-7-5-8-21(15-20)24-16-25(36-28(35-24)34-22-9-1-2-10-22)26(37-31)19-32-18-23-11-6-12-27(33-23)29(38)13-3-4-14-29/h5-8,11-12,15-16,19,22,31-32,38H,1-4,9-10,13-14,18H2,(H,34,35,36)/b26-19-,37-31?. The fourth-order valence-electron chi connectivity index (χ4n) is 5.26. The van der Waals surface area contributed by atoms with Crippen LogP contribution < -0.4 is 10.6 Å². The number of nitriles is 1. The second-order valence-corrected chi connectivity index (χ2v) is 10.1. The average molecular weight is 509 g/mol. The van der Waals surface area contributed by atoms with Crippen molar-refractivity contribution >= 4 is 11.6 Å². The van der Waals surface area contributed by atoms with Gasteiger partial charge in [-0.25, -0.2) is 15.5 Å². The van der Waals surface area contributed by atoms with Crippen molar-refractivity contribution in [2.45, 2.75) is 69.6 Å². The zero-order valence-electron chi connectivity index (χ0n) is 21.3. The lowest BCUT2D eigenvalue weighted by Crippen LogP contribution is -2.23. The molecule has 0 amide bonds. The van der Waals surface area contributed by atoms with Gasteiger partial charge < -0.3 is 15.7 Å². The predicted molar refractivity (Wildman–Crippen MR) is 145 cm³/mol. The molecule has 0 saturated heterocycles. The van der Waals surface area contributed by atoms with E-state index in [9.17, 15) is 10.4 Å². The minimum absolute atomic E-state index is 0.315. The van der Waals surface area contributed by atoms with E-state index in [1.165, 1.54) is 12.8 Å². The summed E-state index contributed by atoms with van der Waals surface area (Å²) in [6.45, 7) is 0.415. The van der Waals surface area contributed by atoms with E-state index in [4.69, 9.17) is 10.5 Å². The smallest absolute Gasteiger partial charge is 0.224 e. The second kappa shape index (κ2) is 11.5. The maximum Gasteiger partial charge on any atom is 0.224 e.